The fraction of sp³-hybridized carbons (Fsp3) is 0.375. The van der Waals surface area contributed by atoms with Crippen LogP contribution in [0.5, 0.6) is 11.5 Å². The number of aromatic nitrogens is 1. The molecule has 0 saturated carbocycles. The molecule has 0 spiro atoms. The maximum absolute atomic E-state index is 13.0. The zero-order chi connectivity index (χ0) is 26.2. The van der Waals surface area contributed by atoms with E-state index >= 15 is 0 Å². The van der Waals surface area contributed by atoms with Gasteiger partial charge in [-0.2, -0.15) is 9.30 Å². The van der Waals surface area contributed by atoms with E-state index in [-0.39, 0.29) is 41.2 Å². The second-order valence-corrected chi connectivity index (χ2v) is 11.6. The van der Waals surface area contributed by atoms with Gasteiger partial charge in [0.2, 0.25) is 16.8 Å². The molecule has 1 amide bonds. The lowest BCUT2D eigenvalue weighted by molar-refractivity contribution is -0.141. The van der Waals surface area contributed by atoms with E-state index in [4.69, 9.17) is 18.9 Å². The lowest BCUT2D eigenvalue weighted by Gasteiger charge is -2.20. The molecule has 196 valence electrons. The van der Waals surface area contributed by atoms with Gasteiger partial charge < -0.3 is 23.5 Å². The summed E-state index contributed by atoms with van der Waals surface area (Å²) in [7, 11) is -0.947. The highest BCUT2D eigenvalue weighted by atomic mass is 32.2. The van der Waals surface area contributed by atoms with Gasteiger partial charge in [0.15, 0.2) is 16.3 Å². The number of methoxy groups -OCH3 is 1. The van der Waals surface area contributed by atoms with Gasteiger partial charge in [0.25, 0.3) is 5.91 Å². The minimum absolute atomic E-state index is 0.0710. The highest BCUT2D eigenvalue weighted by molar-refractivity contribution is 7.89. The summed E-state index contributed by atoms with van der Waals surface area (Å²) in [6, 6.07) is 9.12. The van der Waals surface area contributed by atoms with Gasteiger partial charge in [0.05, 0.1) is 28.3 Å². The average Bonchev–Trinajstić information content (AvgIpc) is 3.64. The zero-order valence-electron chi connectivity index (χ0n) is 20.2. The molecule has 0 bridgehead atoms. The zero-order valence-corrected chi connectivity index (χ0v) is 21.8. The van der Waals surface area contributed by atoms with Gasteiger partial charge in [0.1, 0.15) is 6.54 Å². The average molecular weight is 548 g/mol. The standard InChI is InChI=1S/C24H25N3O8S2/c1-26(12-16-4-3-9-33-16)37(30,31)17-7-5-15(6-8-17)23(29)25-24-27(13-22(28)32-2)18-10-19-20(35-14-34-19)11-21(18)36-24/h5-8,10-11,16H,3-4,9,12-14H2,1-2H3. The lowest BCUT2D eigenvalue weighted by atomic mass is 10.2. The highest BCUT2D eigenvalue weighted by Gasteiger charge is 2.26. The number of thiazole rings is 1. The smallest absolute Gasteiger partial charge is 0.325 e. The van der Waals surface area contributed by atoms with Crippen LogP contribution in [0.1, 0.15) is 23.2 Å². The Labute approximate surface area is 216 Å². The number of carbonyl (C=O) groups is 2. The van der Waals surface area contributed by atoms with Gasteiger partial charge in [-0.05, 0) is 37.1 Å². The Morgan fingerprint density at radius 1 is 1.19 bits per heavy atom. The number of nitrogens with zero attached hydrogens (tertiary/aromatic N) is 3. The van der Waals surface area contributed by atoms with Crippen molar-refractivity contribution in [1.82, 2.24) is 8.87 Å². The van der Waals surface area contributed by atoms with Gasteiger partial charge in [0, 0.05) is 37.9 Å². The first-order valence-corrected chi connectivity index (χ1v) is 13.8. The van der Waals surface area contributed by atoms with Crippen LogP contribution in [-0.2, 0) is 30.8 Å². The van der Waals surface area contributed by atoms with E-state index in [2.05, 4.69) is 4.99 Å². The molecule has 2 aliphatic rings. The van der Waals surface area contributed by atoms with Crippen molar-refractivity contribution in [2.75, 3.05) is 34.1 Å². The second kappa shape index (κ2) is 10.2. The number of rotatable bonds is 7. The molecule has 2 aromatic carbocycles. The number of carbonyl (C=O) groups excluding carboxylic acids is 2. The van der Waals surface area contributed by atoms with Crippen molar-refractivity contribution < 1.29 is 37.0 Å². The van der Waals surface area contributed by atoms with Crippen molar-refractivity contribution in [1.29, 1.82) is 0 Å². The second-order valence-electron chi connectivity index (χ2n) is 8.58. The number of fused-ring (bicyclic) bond motifs is 2. The number of sulfonamides is 1. The topological polar surface area (TPSA) is 126 Å². The summed E-state index contributed by atoms with van der Waals surface area (Å²) >= 11 is 1.21. The van der Waals surface area contributed by atoms with Crippen LogP contribution in [0.25, 0.3) is 10.2 Å². The maximum Gasteiger partial charge on any atom is 0.325 e. The molecule has 0 radical (unpaired) electrons. The van der Waals surface area contributed by atoms with Crippen molar-refractivity contribution in [3.63, 3.8) is 0 Å². The third kappa shape index (κ3) is 5.12. The minimum Gasteiger partial charge on any atom is -0.468 e. The van der Waals surface area contributed by atoms with E-state index in [0.717, 1.165) is 17.5 Å². The Kier molecular flexibility index (Phi) is 7.03. The highest BCUT2D eigenvalue weighted by Crippen LogP contribution is 2.37. The monoisotopic (exact) mass is 547 g/mol. The summed E-state index contributed by atoms with van der Waals surface area (Å²) in [6.07, 6.45) is 1.63. The van der Waals surface area contributed by atoms with Crippen LogP contribution in [0.15, 0.2) is 46.3 Å². The third-order valence-corrected chi connectivity index (χ3v) is 9.06. The van der Waals surface area contributed by atoms with Crippen molar-refractivity contribution in [3.8, 4) is 11.5 Å². The summed E-state index contributed by atoms with van der Waals surface area (Å²) in [5.74, 6) is 0.0102. The summed E-state index contributed by atoms with van der Waals surface area (Å²) in [6.45, 7) is 0.859. The Morgan fingerprint density at radius 3 is 2.59 bits per heavy atom. The van der Waals surface area contributed by atoms with E-state index < -0.39 is 21.9 Å². The number of esters is 1. The number of amides is 1. The molecule has 37 heavy (non-hydrogen) atoms. The fourth-order valence-corrected chi connectivity index (χ4v) is 6.41. The normalized spacial score (nSPS) is 17.6. The van der Waals surface area contributed by atoms with Crippen molar-refractivity contribution in [3.05, 3.63) is 46.8 Å². The Bertz CT molecular complexity index is 1520. The Morgan fingerprint density at radius 2 is 1.92 bits per heavy atom. The predicted molar refractivity (Wildman–Crippen MR) is 133 cm³/mol. The number of benzene rings is 2. The van der Waals surface area contributed by atoms with Crippen LogP contribution >= 0.6 is 11.3 Å². The fourth-order valence-electron chi connectivity index (χ4n) is 4.17. The van der Waals surface area contributed by atoms with Crippen LogP contribution < -0.4 is 14.3 Å². The molecule has 11 nitrogen and oxygen atoms in total. The van der Waals surface area contributed by atoms with E-state index in [1.807, 2.05) is 0 Å². The molecule has 13 heteroatoms. The van der Waals surface area contributed by atoms with Gasteiger partial charge in [-0.1, -0.05) is 11.3 Å². The molecule has 3 heterocycles. The van der Waals surface area contributed by atoms with Gasteiger partial charge in [-0.3, -0.25) is 9.59 Å². The molecule has 3 aromatic rings. The van der Waals surface area contributed by atoms with E-state index in [1.54, 1.807) is 16.7 Å². The number of hydrogen-bond donors (Lipinski definition) is 0. The molecule has 1 saturated heterocycles. The number of ether oxygens (including phenoxy) is 4. The molecule has 5 rings (SSSR count). The molecule has 1 atom stereocenters. The lowest BCUT2D eigenvalue weighted by Crippen LogP contribution is -2.34. The molecule has 1 unspecified atom stereocenters. The van der Waals surface area contributed by atoms with Gasteiger partial charge in [-0.15, -0.1) is 0 Å². The quantitative estimate of drug-likeness (QED) is 0.412. The van der Waals surface area contributed by atoms with E-state index in [0.29, 0.717) is 23.6 Å². The number of hydrogen-bond acceptors (Lipinski definition) is 9. The molecular formula is C24H25N3O8S2. The van der Waals surface area contributed by atoms with Crippen molar-refractivity contribution in [2.24, 2.45) is 4.99 Å². The Hall–Kier alpha value is -3.26. The molecule has 0 N–H and O–H groups in total. The minimum atomic E-state index is -3.74. The summed E-state index contributed by atoms with van der Waals surface area (Å²) in [5, 5.41) is 0. The Balaban J connectivity index is 1.43. The van der Waals surface area contributed by atoms with Crippen molar-refractivity contribution in [2.45, 2.75) is 30.4 Å². The van der Waals surface area contributed by atoms with E-state index in [1.165, 1.54) is 54.1 Å². The van der Waals surface area contributed by atoms with Crippen LogP contribution in [0.4, 0.5) is 0 Å². The summed E-state index contributed by atoms with van der Waals surface area (Å²) in [4.78, 5) is 29.7. The van der Waals surface area contributed by atoms with Crippen LogP contribution in [0, 0.1) is 0 Å². The van der Waals surface area contributed by atoms with Crippen LogP contribution in [0.3, 0.4) is 0 Å². The molecule has 2 aliphatic heterocycles. The first kappa shape index (κ1) is 25.4. The van der Waals surface area contributed by atoms with Crippen LogP contribution in [0.2, 0.25) is 0 Å². The molecular weight excluding hydrogens is 522 g/mol. The summed E-state index contributed by atoms with van der Waals surface area (Å²) < 4.78 is 50.7. The maximum atomic E-state index is 13.0. The first-order chi connectivity index (χ1) is 17.8. The summed E-state index contributed by atoms with van der Waals surface area (Å²) in [5.41, 5.74) is 0.846. The molecule has 1 aromatic heterocycles. The first-order valence-electron chi connectivity index (χ1n) is 11.5. The number of likely N-dealkylation sites (N-methyl/N-ethyl adjacent to an activating group) is 1. The third-order valence-electron chi connectivity index (χ3n) is 6.18. The van der Waals surface area contributed by atoms with E-state index in [9.17, 15) is 18.0 Å². The van der Waals surface area contributed by atoms with Gasteiger partial charge in [-0.25, -0.2) is 8.42 Å². The predicted octanol–water partition coefficient (Wildman–Crippen LogP) is 2.15. The van der Waals surface area contributed by atoms with Gasteiger partial charge >= 0.3 is 5.97 Å². The molecule has 0 aliphatic carbocycles. The van der Waals surface area contributed by atoms with Crippen molar-refractivity contribution >= 4 is 43.5 Å². The van der Waals surface area contributed by atoms with Crippen LogP contribution in [-0.4, -0.2) is 69.4 Å². The largest absolute Gasteiger partial charge is 0.468 e. The molecule has 1 fully saturated rings. The SMILES string of the molecule is COC(=O)Cn1c(=NC(=O)c2ccc(S(=O)(=O)N(C)CC3CCCO3)cc2)sc2cc3c(cc21)OCO3.